The molecule has 3 atom stereocenters. The number of amides is 3. The third-order valence-corrected chi connectivity index (χ3v) is 12.1. The summed E-state index contributed by atoms with van der Waals surface area (Å²) in [6, 6.07) is 12.6. The zero-order chi connectivity index (χ0) is 41.7. The first-order valence-electron chi connectivity index (χ1n) is 19.6. The molecule has 3 fully saturated rings. The van der Waals surface area contributed by atoms with Gasteiger partial charge in [-0.3, -0.25) is 33.5 Å². The van der Waals surface area contributed by atoms with Crippen molar-refractivity contribution in [1.82, 2.24) is 34.1 Å². The third-order valence-electron chi connectivity index (χ3n) is 12.1. The highest BCUT2D eigenvalue weighted by molar-refractivity contribution is 6.05. The van der Waals surface area contributed by atoms with E-state index in [1.165, 1.54) is 15.2 Å². The number of aryl methyl sites for hydroxylation is 1. The van der Waals surface area contributed by atoms with Crippen molar-refractivity contribution in [3.63, 3.8) is 0 Å². The summed E-state index contributed by atoms with van der Waals surface area (Å²) in [7, 11) is 3.61. The van der Waals surface area contributed by atoms with Crippen LogP contribution in [0.5, 0.6) is 0 Å². The molecule has 3 unspecified atom stereocenters. The van der Waals surface area contributed by atoms with Crippen LogP contribution in [0.25, 0.3) is 21.9 Å². The smallest absolute Gasteiger partial charge is 0.367 e. The number of rotatable bonds is 8. The van der Waals surface area contributed by atoms with Crippen LogP contribution in [-0.4, -0.2) is 85.4 Å². The van der Waals surface area contributed by atoms with Gasteiger partial charge >= 0.3 is 11.9 Å². The van der Waals surface area contributed by atoms with Crippen molar-refractivity contribution in [2.75, 3.05) is 36.9 Å². The zero-order valence-electron chi connectivity index (χ0n) is 32.4. The Morgan fingerprint density at radius 2 is 1.81 bits per heavy atom. The number of imide groups is 1. The van der Waals surface area contributed by atoms with E-state index in [1.807, 2.05) is 35.0 Å². The van der Waals surface area contributed by atoms with Crippen LogP contribution in [0.1, 0.15) is 78.8 Å². The number of anilines is 2. The van der Waals surface area contributed by atoms with Crippen LogP contribution in [0.2, 0.25) is 0 Å². The molecule has 0 spiro atoms. The van der Waals surface area contributed by atoms with Gasteiger partial charge in [0.05, 0.1) is 46.1 Å². The maximum absolute atomic E-state index is 16.1. The van der Waals surface area contributed by atoms with E-state index < -0.39 is 41.6 Å². The van der Waals surface area contributed by atoms with Crippen LogP contribution in [0.15, 0.2) is 59.5 Å². The minimum absolute atomic E-state index is 0.0857. The molecule has 2 N–H and O–H groups in total. The van der Waals surface area contributed by atoms with E-state index in [1.54, 1.807) is 31.3 Å². The van der Waals surface area contributed by atoms with Crippen LogP contribution in [0, 0.1) is 17.2 Å². The Bertz CT molecular complexity index is 2570. The Morgan fingerprint density at radius 3 is 2.53 bits per heavy atom. The van der Waals surface area contributed by atoms with Crippen molar-refractivity contribution in [2.24, 2.45) is 13.0 Å². The normalized spacial score (nSPS) is 22.8. The standard InChI is InChI=1S/C41H42F4N10O4/c1-51(31-15-16-53(22-27(31)42)32-6-4-7-33-37(32)52(2)40(59)55(33)34-13-14-36(56)49-39(34)58)20-23-9-11-26(12-10-23)54-21-25-18-29(24(19-46)17-30(25)50-54)48-38(57)28-5-3-8-35(47-28)41(43,44)45/h3-8,17-18,21,23,26-27,31,34H,9-16,20,22H2,1-2H3,(H,48,57)(H,49,56,58). The highest BCUT2D eigenvalue weighted by Crippen LogP contribution is 2.36. The monoisotopic (exact) mass is 814 g/mol. The second-order valence-electron chi connectivity index (χ2n) is 15.8. The van der Waals surface area contributed by atoms with Gasteiger partial charge < -0.3 is 15.1 Å². The SMILES string of the molecule is CN(CC1CCC(n2cc3cc(NC(=O)c4cccc(C(F)(F)F)n4)c(C#N)cc3n2)CC1)C1CCN(c2cccc3c2n(C)c(=O)n3C2CCC(=O)NC2=O)CC1F. The summed E-state index contributed by atoms with van der Waals surface area (Å²) in [5.41, 5.74) is 0.698. The molecule has 1 saturated carbocycles. The average Bonchev–Trinajstić information content (AvgIpc) is 3.74. The average molecular weight is 815 g/mol. The number of halogens is 4. The molecule has 2 saturated heterocycles. The van der Waals surface area contributed by atoms with Gasteiger partial charge in [0, 0.05) is 44.2 Å². The number of alkyl halides is 4. The molecule has 8 rings (SSSR count). The van der Waals surface area contributed by atoms with Gasteiger partial charge in [-0.25, -0.2) is 14.2 Å². The second kappa shape index (κ2) is 15.6. The molecule has 5 aromatic rings. The van der Waals surface area contributed by atoms with Gasteiger partial charge in [-0.15, -0.1) is 0 Å². The summed E-state index contributed by atoms with van der Waals surface area (Å²) in [5, 5.41) is 20.0. The lowest BCUT2D eigenvalue weighted by Gasteiger charge is -2.42. The lowest BCUT2D eigenvalue weighted by molar-refractivity contribution is -0.141. The van der Waals surface area contributed by atoms with Crippen molar-refractivity contribution in [3.05, 3.63) is 82.2 Å². The van der Waals surface area contributed by atoms with Crippen molar-refractivity contribution in [1.29, 1.82) is 5.26 Å². The van der Waals surface area contributed by atoms with Crippen LogP contribution in [0.4, 0.5) is 28.9 Å². The molecule has 2 aromatic carbocycles. The van der Waals surface area contributed by atoms with E-state index in [0.29, 0.717) is 40.8 Å². The number of piperidine rings is 2. The summed E-state index contributed by atoms with van der Waals surface area (Å²) < 4.78 is 60.4. The number of fused-ring (bicyclic) bond motifs is 2. The molecule has 5 heterocycles. The number of nitrogens with one attached hydrogen (secondary N) is 2. The van der Waals surface area contributed by atoms with Gasteiger partial charge in [0.1, 0.15) is 29.7 Å². The first-order valence-corrected chi connectivity index (χ1v) is 19.6. The molecular weight excluding hydrogens is 773 g/mol. The lowest BCUT2D eigenvalue weighted by atomic mass is 9.85. The highest BCUT2D eigenvalue weighted by Gasteiger charge is 2.37. The van der Waals surface area contributed by atoms with Crippen LogP contribution >= 0.6 is 0 Å². The molecule has 14 nitrogen and oxygen atoms in total. The summed E-state index contributed by atoms with van der Waals surface area (Å²) in [6.45, 7) is 1.45. The van der Waals surface area contributed by atoms with Crippen molar-refractivity contribution in [3.8, 4) is 6.07 Å². The number of hydrogen-bond donors (Lipinski definition) is 2. The number of para-hydroxylation sites is 1. The number of aromatic nitrogens is 5. The van der Waals surface area contributed by atoms with E-state index in [2.05, 4.69) is 20.5 Å². The van der Waals surface area contributed by atoms with Gasteiger partial charge in [0.25, 0.3) is 5.91 Å². The van der Waals surface area contributed by atoms with E-state index in [9.17, 15) is 37.6 Å². The van der Waals surface area contributed by atoms with E-state index in [0.717, 1.165) is 50.0 Å². The number of carbonyl (C=O) groups is 3. The first-order chi connectivity index (χ1) is 28.2. The van der Waals surface area contributed by atoms with Crippen LogP contribution < -0.4 is 21.2 Å². The minimum atomic E-state index is -4.71. The summed E-state index contributed by atoms with van der Waals surface area (Å²) in [6.07, 6.45) is 0.388. The molecule has 1 aliphatic carbocycles. The molecule has 308 valence electrons. The molecule has 3 amide bonds. The molecule has 0 radical (unpaired) electrons. The van der Waals surface area contributed by atoms with Crippen LogP contribution in [-0.2, 0) is 22.8 Å². The predicted molar refractivity (Wildman–Crippen MR) is 209 cm³/mol. The Hall–Kier alpha value is -6.09. The summed E-state index contributed by atoms with van der Waals surface area (Å²) in [4.78, 5) is 58.3. The van der Waals surface area contributed by atoms with Crippen molar-refractivity contribution < 1.29 is 31.9 Å². The molecule has 18 heteroatoms. The summed E-state index contributed by atoms with van der Waals surface area (Å²) >= 11 is 0. The van der Waals surface area contributed by atoms with Crippen molar-refractivity contribution in [2.45, 2.75) is 75.4 Å². The highest BCUT2D eigenvalue weighted by atomic mass is 19.4. The van der Waals surface area contributed by atoms with E-state index in [-0.39, 0.29) is 54.3 Å². The number of imidazole rings is 1. The van der Waals surface area contributed by atoms with Crippen molar-refractivity contribution >= 4 is 51.0 Å². The molecular formula is C41H42F4N10O4. The third kappa shape index (κ3) is 7.66. The van der Waals surface area contributed by atoms with Gasteiger partial charge in [-0.1, -0.05) is 12.1 Å². The number of benzene rings is 2. The van der Waals surface area contributed by atoms with Gasteiger partial charge in [-0.05, 0) is 87.9 Å². The maximum Gasteiger partial charge on any atom is 0.433 e. The van der Waals surface area contributed by atoms with E-state index in [4.69, 9.17) is 5.10 Å². The molecule has 3 aliphatic rings. The Morgan fingerprint density at radius 1 is 1.05 bits per heavy atom. The zero-order valence-corrected chi connectivity index (χ0v) is 32.4. The Kier molecular flexibility index (Phi) is 10.5. The predicted octanol–water partition coefficient (Wildman–Crippen LogP) is 5.49. The molecule has 0 bridgehead atoms. The van der Waals surface area contributed by atoms with Gasteiger partial charge in [-0.2, -0.15) is 23.5 Å². The number of nitrogens with zero attached hydrogens (tertiary/aromatic N) is 8. The largest absolute Gasteiger partial charge is 0.433 e. The number of pyridine rings is 1. The Balaban J connectivity index is 0.883. The molecule has 59 heavy (non-hydrogen) atoms. The summed E-state index contributed by atoms with van der Waals surface area (Å²) in [5.74, 6) is -1.40. The lowest BCUT2D eigenvalue weighted by Crippen LogP contribution is -2.52. The number of hydrogen-bond acceptors (Lipinski definition) is 9. The fraction of sp³-hybridized carbons (Fsp3) is 0.439. The molecule has 2 aliphatic heterocycles. The molecule has 3 aromatic heterocycles. The quantitative estimate of drug-likeness (QED) is 0.153. The van der Waals surface area contributed by atoms with Gasteiger partial charge in [0.15, 0.2) is 0 Å². The second-order valence-corrected chi connectivity index (χ2v) is 15.8. The van der Waals surface area contributed by atoms with E-state index >= 15 is 4.39 Å². The van der Waals surface area contributed by atoms with Gasteiger partial charge in [0.2, 0.25) is 11.8 Å². The number of nitriles is 1. The Labute approximate surface area is 335 Å². The maximum atomic E-state index is 16.1. The first kappa shape index (κ1) is 39.7. The number of carbonyl (C=O) groups excluding carboxylic acids is 3. The fourth-order valence-electron chi connectivity index (χ4n) is 9.02. The minimum Gasteiger partial charge on any atom is -0.367 e. The topological polar surface area (TPSA) is 163 Å². The fourth-order valence-corrected chi connectivity index (χ4v) is 9.02. The van der Waals surface area contributed by atoms with Crippen LogP contribution in [0.3, 0.4) is 0 Å².